The first kappa shape index (κ1) is 16.7. The first-order valence-electron chi connectivity index (χ1n) is 7.21. The lowest BCUT2D eigenvalue weighted by Gasteiger charge is -2.37. The Labute approximate surface area is 135 Å². The maximum Gasteiger partial charge on any atom is 0.242 e. The summed E-state index contributed by atoms with van der Waals surface area (Å²) in [5.74, 6) is -0.463. The summed E-state index contributed by atoms with van der Waals surface area (Å²) in [6, 6.07) is 6.69. The summed E-state index contributed by atoms with van der Waals surface area (Å²) in [6.45, 7) is 6.03. The monoisotopic (exact) mass is 323 g/mol. The molecule has 1 saturated heterocycles. The Morgan fingerprint density at radius 1 is 1.36 bits per heavy atom. The molecule has 22 heavy (non-hydrogen) atoms. The van der Waals surface area contributed by atoms with E-state index in [1.165, 1.54) is 6.07 Å². The van der Waals surface area contributed by atoms with Gasteiger partial charge in [0.2, 0.25) is 5.91 Å². The van der Waals surface area contributed by atoms with Gasteiger partial charge in [0.05, 0.1) is 6.07 Å². The van der Waals surface area contributed by atoms with Crippen LogP contribution in [0, 0.1) is 22.6 Å². The third kappa shape index (κ3) is 3.57. The SMILES string of the molecule is CC(C)(C#N)C(=O)N1CCN(Cc2c(F)cccc2Cl)CC1. The van der Waals surface area contributed by atoms with Crippen LogP contribution >= 0.6 is 11.6 Å². The van der Waals surface area contributed by atoms with E-state index in [4.69, 9.17) is 16.9 Å². The minimum atomic E-state index is -1.00. The number of nitriles is 1. The average molecular weight is 324 g/mol. The smallest absolute Gasteiger partial charge is 0.242 e. The fourth-order valence-electron chi connectivity index (χ4n) is 2.46. The van der Waals surface area contributed by atoms with E-state index < -0.39 is 5.41 Å². The maximum atomic E-state index is 13.8. The molecule has 1 fully saturated rings. The van der Waals surface area contributed by atoms with Gasteiger partial charge >= 0.3 is 0 Å². The van der Waals surface area contributed by atoms with E-state index in [0.717, 1.165) is 0 Å². The Balaban J connectivity index is 1.96. The van der Waals surface area contributed by atoms with Crippen LogP contribution in [-0.4, -0.2) is 41.9 Å². The molecule has 1 amide bonds. The standard InChI is InChI=1S/C16H19ClFN3O/c1-16(2,11-19)15(22)21-8-6-20(7-9-21)10-12-13(17)4-3-5-14(12)18/h3-5H,6-10H2,1-2H3. The number of piperazine rings is 1. The second-order valence-electron chi connectivity index (χ2n) is 6.01. The number of carbonyl (C=O) groups excluding carboxylic acids is 1. The van der Waals surface area contributed by atoms with Crippen molar-refractivity contribution >= 4 is 17.5 Å². The van der Waals surface area contributed by atoms with E-state index >= 15 is 0 Å². The van der Waals surface area contributed by atoms with Crippen molar-refractivity contribution < 1.29 is 9.18 Å². The highest BCUT2D eigenvalue weighted by molar-refractivity contribution is 6.31. The van der Waals surface area contributed by atoms with Crippen molar-refractivity contribution in [2.24, 2.45) is 5.41 Å². The van der Waals surface area contributed by atoms with Gasteiger partial charge in [0.25, 0.3) is 0 Å². The normalized spacial score (nSPS) is 16.4. The topological polar surface area (TPSA) is 47.3 Å². The molecule has 0 saturated carbocycles. The molecule has 118 valence electrons. The van der Waals surface area contributed by atoms with Crippen LogP contribution in [0.15, 0.2) is 18.2 Å². The van der Waals surface area contributed by atoms with Crippen molar-refractivity contribution in [3.8, 4) is 6.07 Å². The molecule has 0 unspecified atom stereocenters. The van der Waals surface area contributed by atoms with Crippen LogP contribution in [0.5, 0.6) is 0 Å². The first-order chi connectivity index (χ1) is 10.3. The van der Waals surface area contributed by atoms with E-state index in [1.54, 1.807) is 30.9 Å². The summed E-state index contributed by atoms with van der Waals surface area (Å²) in [6.07, 6.45) is 0. The summed E-state index contributed by atoms with van der Waals surface area (Å²) in [5.41, 5.74) is -0.516. The molecular weight excluding hydrogens is 305 g/mol. The van der Waals surface area contributed by atoms with E-state index in [2.05, 4.69) is 4.90 Å². The number of nitrogens with zero attached hydrogens (tertiary/aromatic N) is 3. The largest absolute Gasteiger partial charge is 0.339 e. The summed E-state index contributed by atoms with van der Waals surface area (Å²) in [5, 5.41) is 9.46. The van der Waals surface area contributed by atoms with Gasteiger partial charge in [0.15, 0.2) is 0 Å². The Morgan fingerprint density at radius 3 is 2.55 bits per heavy atom. The lowest BCUT2D eigenvalue weighted by Crippen LogP contribution is -2.51. The number of carbonyl (C=O) groups is 1. The van der Waals surface area contributed by atoms with Crippen molar-refractivity contribution in [2.45, 2.75) is 20.4 Å². The zero-order chi connectivity index (χ0) is 16.3. The molecule has 1 heterocycles. The van der Waals surface area contributed by atoms with E-state index in [1.807, 2.05) is 6.07 Å². The third-order valence-corrected chi connectivity index (χ3v) is 4.27. The van der Waals surface area contributed by atoms with Gasteiger partial charge < -0.3 is 4.90 Å². The van der Waals surface area contributed by atoms with Gasteiger partial charge in [0, 0.05) is 43.3 Å². The fourth-order valence-corrected chi connectivity index (χ4v) is 2.68. The number of halogens is 2. The molecule has 1 aromatic rings. The van der Waals surface area contributed by atoms with Gasteiger partial charge in [-0.05, 0) is 26.0 Å². The highest BCUT2D eigenvalue weighted by Crippen LogP contribution is 2.23. The zero-order valence-corrected chi connectivity index (χ0v) is 13.5. The van der Waals surface area contributed by atoms with Crippen LogP contribution < -0.4 is 0 Å². The first-order valence-corrected chi connectivity index (χ1v) is 7.59. The molecular formula is C16H19ClFN3O. The number of benzene rings is 1. The van der Waals surface area contributed by atoms with Gasteiger partial charge in [-0.25, -0.2) is 4.39 Å². The van der Waals surface area contributed by atoms with E-state index in [0.29, 0.717) is 43.3 Å². The lowest BCUT2D eigenvalue weighted by atomic mass is 9.93. The summed E-state index contributed by atoms with van der Waals surface area (Å²) in [4.78, 5) is 16.0. The zero-order valence-electron chi connectivity index (χ0n) is 12.8. The molecule has 1 aliphatic rings. The van der Waals surface area contributed by atoms with Crippen molar-refractivity contribution in [3.05, 3.63) is 34.6 Å². The highest BCUT2D eigenvalue weighted by atomic mass is 35.5. The van der Waals surface area contributed by atoms with Crippen LogP contribution in [0.4, 0.5) is 4.39 Å². The van der Waals surface area contributed by atoms with Crippen LogP contribution in [0.25, 0.3) is 0 Å². The maximum absolute atomic E-state index is 13.8. The minimum absolute atomic E-state index is 0.154. The molecule has 4 nitrogen and oxygen atoms in total. The molecule has 6 heteroatoms. The van der Waals surface area contributed by atoms with Crippen molar-refractivity contribution in [1.82, 2.24) is 9.80 Å². The Kier molecular flexibility index (Phi) is 5.05. The molecule has 1 aliphatic heterocycles. The van der Waals surface area contributed by atoms with Crippen LogP contribution in [0.1, 0.15) is 19.4 Å². The average Bonchev–Trinajstić information content (AvgIpc) is 2.51. The summed E-state index contributed by atoms with van der Waals surface area (Å²) in [7, 11) is 0. The van der Waals surface area contributed by atoms with Crippen LogP contribution in [0.2, 0.25) is 5.02 Å². The number of hydrogen-bond acceptors (Lipinski definition) is 3. The second-order valence-corrected chi connectivity index (χ2v) is 6.41. The predicted molar refractivity (Wildman–Crippen MR) is 82.7 cm³/mol. The van der Waals surface area contributed by atoms with Gasteiger partial charge in [-0.3, -0.25) is 9.69 Å². The van der Waals surface area contributed by atoms with E-state index in [9.17, 15) is 9.18 Å². The Bertz CT molecular complexity index is 584. The number of rotatable bonds is 3. The Hall–Kier alpha value is -1.64. The molecule has 1 aromatic carbocycles. The molecule has 0 N–H and O–H groups in total. The molecule has 0 aliphatic carbocycles. The fraction of sp³-hybridized carbons (Fsp3) is 0.500. The van der Waals surface area contributed by atoms with Gasteiger partial charge in [0.1, 0.15) is 11.2 Å². The van der Waals surface area contributed by atoms with Crippen LogP contribution in [-0.2, 0) is 11.3 Å². The Morgan fingerprint density at radius 2 is 2.00 bits per heavy atom. The van der Waals surface area contributed by atoms with Gasteiger partial charge in [-0.15, -0.1) is 0 Å². The number of amides is 1. The quantitative estimate of drug-likeness (QED) is 0.859. The number of hydrogen-bond donors (Lipinski definition) is 0. The van der Waals surface area contributed by atoms with Crippen molar-refractivity contribution in [1.29, 1.82) is 5.26 Å². The lowest BCUT2D eigenvalue weighted by molar-refractivity contribution is -0.139. The molecule has 0 radical (unpaired) electrons. The minimum Gasteiger partial charge on any atom is -0.339 e. The van der Waals surface area contributed by atoms with E-state index in [-0.39, 0.29) is 11.7 Å². The predicted octanol–water partition coefficient (Wildman–Crippen LogP) is 2.67. The summed E-state index contributed by atoms with van der Waals surface area (Å²) < 4.78 is 13.8. The highest BCUT2D eigenvalue weighted by Gasteiger charge is 2.33. The molecule has 2 rings (SSSR count). The second kappa shape index (κ2) is 6.64. The molecule has 0 aromatic heterocycles. The van der Waals surface area contributed by atoms with Crippen LogP contribution in [0.3, 0.4) is 0 Å². The third-order valence-electron chi connectivity index (χ3n) is 3.92. The molecule has 0 spiro atoms. The molecule has 0 bridgehead atoms. The summed E-state index contributed by atoms with van der Waals surface area (Å²) >= 11 is 6.04. The van der Waals surface area contributed by atoms with Crippen molar-refractivity contribution in [2.75, 3.05) is 26.2 Å². The van der Waals surface area contributed by atoms with Gasteiger partial charge in [-0.1, -0.05) is 17.7 Å². The molecule has 0 atom stereocenters. The van der Waals surface area contributed by atoms with Gasteiger partial charge in [-0.2, -0.15) is 5.26 Å². The van der Waals surface area contributed by atoms with Crippen molar-refractivity contribution in [3.63, 3.8) is 0 Å².